The molecule has 132 valence electrons. The molecular weight excluding hydrogens is 304 g/mol. The van der Waals surface area contributed by atoms with E-state index in [1.54, 1.807) is 6.92 Å². The van der Waals surface area contributed by atoms with Crippen LogP contribution in [-0.2, 0) is 4.79 Å². The molecule has 6 nitrogen and oxygen atoms in total. The summed E-state index contributed by atoms with van der Waals surface area (Å²) in [6, 6.07) is 2.00. The molecule has 0 saturated carbocycles. The Kier molecular flexibility index (Phi) is 4.88. The summed E-state index contributed by atoms with van der Waals surface area (Å²) in [5.74, 6) is 1.39. The van der Waals surface area contributed by atoms with Gasteiger partial charge in [0.1, 0.15) is 5.82 Å². The molecule has 6 heteroatoms. The molecule has 1 amide bonds. The first-order valence-corrected chi connectivity index (χ1v) is 8.87. The summed E-state index contributed by atoms with van der Waals surface area (Å²) in [5.41, 5.74) is 1.36. The number of rotatable bonds is 3. The maximum absolute atomic E-state index is 11.4. The van der Waals surface area contributed by atoms with Crippen LogP contribution in [-0.4, -0.2) is 69.1 Å². The summed E-state index contributed by atoms with van der Waals surface area (Å²) in [4.78, 5) is 24.8. The van der Waals surface area contributed by atoms with Gasteiger partial charge in [0.15, 0.2) is 0 Å². The van der Waals surface area contributed by atoms with Crippen molar-refractivity contribution in [3.05, 3.63) is 23.3 Å². The largest absolute Gasteiger partial charge is 0.388 e. The Morgan fingerprint density at radius 2 is 1.88 bits per heavy atom. The van der Waals surface area contributed by atoms with Crippen LogP contribution in [0.1, 0.15) is 49.3 Å². The summed E-state index contributed by atoms with van der Waals surface area (Å²) in [5, 5.41) is 10.9. The predicted octanol–water partition coefficient (Wildman–Crippen LogP) is 1.26. The summed E-state index contributed by atoms with van der Waals surface area (Å²) in [6.07, 6.45) is 2.36. The summed E-state index contributed by atoms with van der Waals surface area (Å²) < 4.78 is 0. The molecule has 1 N–H and O–H groups in total. The number of hydrogen-bond acceptors (Lipinski definition) is 5. The highest BCUT2D eigenvalue weighted by molar-refractivity contribution is 5.73. The van der Waals surface area contributed by atoms with Crippen molar-refractivity contribution in [2.45, 2.75) is 51.6 Å². The maximum atomic E-state index is 11.4. The highest BCUT2D eigenvalue weighted by Crippen LogP contribution is 2.29. The van der Waals surface area contributed by atoms with E-state index < -0.39 is 5.60 Å². The van der Waals surface area contributed by atoms with Gasteiger partial charge in [0, 0.05) is 50.4 Å². The highest BCUT2D eigenvalue weighted by atomic mass is 16.3. The first kappa shape index (κ1) is 17.3. The molecule has 3 heterocycles. The lowest BCUT2D eigenvalue weighted by Crippen LogP contribution is -2.51. The second kappa shape index (κ2) is 6.76. The number of carbonyl (C=O) groups is 1. The van der Waals surface area contributed by atoms with Crippen molar-refractivity contribution in [2.24, 2.45) is 0 Å². The van der Waals surface area contributed by atoms with Crippen LogP contribution in [0, 0.1) is 13.8 Å². The third-order valence-corrected chi connectivity index (χ3v) is 5.29. The van der Waals surface area contributed by atoms with Crippen molar-refractivity contribution in [3.8, 4) is 0 Å². The quantitative estimate of drug-likeness (QED) is 0.902. The minimum atomic E-state index is -0.676. The molecule has 2 fully saturated rings. The number of carbonyl (C=O) groups excluding carboxylic acids is 1. The van der Waals surface area contributed by atoms with Crippen LogP contribution in [0.3, 0.4) is 0 Å². The normalized spacial score (nSPS) is 24.3. The van der Waals surface area contributed by atoms with Crippen molar-refractivity contribution in [2.75, 3.05) is 32.7 Å². The van der Waals surface area contributed by atoms with Gasteiger partial charge in [-0.3, -0.25) is 9.69 Å². The van der Waals surface area contributed by atoms with E-state index in [0.29, 0.717) is 38.4 Å². The summed E-state index contributed by atoms with van der Waals surface area (Å²) >= 11 is 0. The Morgan fingerprint density at radius 1 is 1.25 bits per heavy atom. The van der Waals surface area contributed by atoms with Gasteiger partial charge in [-0.05, 0) is 45.7 Å². The average molecular weight is 332 g/mol. The number of β-amino-alcohol motifs (C(OH)–C–C–N with tert-alkyl or cyclic N) is 1. The predicted molar refractivity (Wildman–Crippen MR) is 91.7 cm³/mol. The van der Waals surface area contributed by atoms with Gasteiger partial charge in [-0.2, -0.15) is 0 Å². The van der Waals surface area contributed by atoms with Crippen LogP contribution in [0.2, 0.25) is 0 Å². The summed E-state index contributed by atoms with van der Waals surface area (Å²) in [6.45, 7) is 9.49. The number of piperidine rings is 1. The van der Waals surface area contributed by atoms with Crippen molar-refractivity contribution >= 4 is 5.91 Å². The fourth-order valence-corrected chi connectivity index (χ4v) is 3.93. The fourth-order valence-electron chi connectivity index (χ4n) is 3.93. The molecule has 0 aliphatic carbocycles. The zero-order chi connectivity index (χ0) is 17.3. The van der Waals surface area contributed by atoms with E-state index in [-0.39, 0.29) is 5.91 Å². The molecule has 0 bridgehead atoms. The smallest absolute Gasteiger partial charge is 0.219 e. The van der Waals surface area contributed by atoms with Gasteiger partial charge in [-0.25, -0.2) is 9.97 Å². The molecule has 0 aromatic carbocycles. The molecule has 1 unspecified atom stereocenters. The molecule has 1 atom stereocenters. The Hall–Kier alpha value is -1.53. The maximum Gasteiger partial charge on any atom is 0.219 e. The summed E-state index contributed by atoms with van der Waals surface area (Å²) in [7, 11) is 0. The first-order valence-electron chi connectivity index (χ1n) is 8.87. The molecule has 1 aromatic rings. The first-order chi connectivity index (χ1) is 11.3. The highest BCUT2D eigenvalue weighted by Gasteiger charge is 2.37. The Morgan fingerprint density at radius 3 is 2.46 bits per heavy atom. The van der Waals surface area contributed by atoms with Gasteiger partial charge < -0.3 is 10.0 Å². The Balaban J connectivity index is 1.57. The fraction of sp³-hybridized carbons (Fsp3) is 0.722. The van der Waals surface area contributed by atoms with Gasteiger partial charge in [-0.1, -0.05) is 0 Å². The lowest BCUT2D eigenvalue weighted by molar-refractivity contribution is -0.133. The van der Waals surface area contributed by atoms with Crippen molar-refractivity contribution in [3.63, 3.8) is 0 Å². The van der Waals surface area contributed by atoms with Gasteiger partial charge in [0.05, 0.1) is 5.60 Å². The molecule has 3 rings (SSSR count). The van der Waals surface area contributed by atoms with Gasteiger partial charge >= 0.3 is 0 Å². The minimum Gasteiger partial charge on any atom is -0.388 e. The minimum absolute atomic E-state index is 0.102. The molecule has 2 saturated heterocycles. The zero-order valence-corrected chi connectivity index (χ0v) is 15.0. The van der Waals surface area contributed by atoms with Gasteiger partial charge in [0.25, 0.3) is 0 Å². The standard InChI is InChI=1S/C18H28N4O2/c1-13-10-14(2)20-17(19-13)16-4-7-21(11-16)12-18(24)5-8-22(9-6-18)15(3)23/h10,16,24H,4-9,11-12H2,1-3H3. The Labute approximate surface area is 143 Å². The number of nitrogens with zero attached hydrogens (tertiary/aromatic N) is 4. The van der Waals surface area contributed by atoms with E-state index in [1.165, 1.54) is 0 Å². The van der Waals surface area contributed by atoms with Crippen LogP contribution in [0.15, 0.2) is 6.07 Å². The number of amides is 1. The van der Waals surface area contributed by atoms with Crippen molar-refractivity contribution < 1.29 is 9.90 Å². The number of aryl methyl sites for hydroxylation is 2. The van der Waals surface area contributed by atoms with Crippen LogP contribution < -0.4 is 0 Å². The monoisotopic (exact) mass is 332 g/mol. The third-order valence-electron chi connectivity index (χ3n) is 5.29. The van der Waals surface area contributed by atoms with Gasteiger partial charge in [-0.15, -0.1) is 0 Å². The van der Waals surface area contributed by atoms with E-state index in [0.717, 1.165) is 36.7 Å². The van der Waals surface area contributed by atoms with Crippen molar-refractivity contribution in [1.29, 1.82) is 0 Å². The second-order valence-corrected chi connectivity index (χ2v) is 7.46. The van der Waals surface area contributed by atoms with E-state index in [4.69, 9.17) is 0 Å². The van der Waals surface area contributed by atoms with Crippen LogP contribution in [0.25, 0.3) is 0 Å². The van der Waals surface area contributed by atoms with Crippen LogP contribution >= 0.6 is 0 Å². The zero-order valence-electron chi connectivity index (χ0n) is 15.0. The molecule has 2 aliphatic heterocycles. The lowest BCUT2D eigenvalue weighted by Gasteiger charge is -2.40. The molecular formula is C18H28N4O2. The third kappa shape index (κ3) is 3.92. The molecule has 0 radical (unpaired) electrons. The topological polar surface area (TPSA) is 69.6 Å². The van der Waals surface area contributed by atoms with E-state index in [9.17, 15) is 9.90 Å². The Bertz CT molecular complexity index is 591. The van der Waals surface area contributed by atoms with E-state index in [2.05, 4.69) is 14.9 Å². The van der Waals surface area contributed by atoms with Crippen LogP contribution in [0.5, 0.6) is 0 Å². The molecule has 2 aliphatic rings. The van der Waals surface area contributed by atoms with E-state index >= 15 is 0 Å². The van der Waals surface area contributed by atoms with E-state index in [1.807, 2.05) is 24.8 Å². The second-order valence-electron chi connectivity index (χ2n) is 7.46. The van der Waals surface area contributed by atoms with Crippen LogP contribution in [0.4, 0.5) is 0 Å². The number of aromatic nitrogens is 2. The number of aliphatic hydroxyl groups is 1. The van der Waals surface area contributed by atoms with Gasteiger partial charge in [0.2, 0.25) is 5.91 Å². The number of likely N-dealkylation sites (tertiary alicyclic amines) is 2. The molecule has 1 aromatic heterocycles. The molecule has 0 spiro atoms. The number of hydrogen-bond donors (Lipinski definition) is 1. The van der Waals surface area contributed by atoms with Crippen molar-refractivity contribution in [1.82, 2.24) is 19.8 Å². The SMILES string of the molecule is CC(=O)N1CCC(O)(CN2CCC(c3nc(C)cc(C)n3)C2)CC1. The average Bonchev–Trinajstić information content (AvgIpc) is 2.94. The lowest BCUT2D eigenvalue weighted by atomic mass is 9.91. The molecule has 24 heavy (non-hydrogen) atoms.